The summed E-state index contributed by atoms with van der Waals surface area (Å²) in [7, 11) is 0. The Morgan fingerprint density at radius 2 is 2.12 bits per heavy atom. The third-order valence-corrected chi connectivity index (χ3v) is 2.36. The van der Waals surface area contributed by atoms with Gasteiger partial charge in [-0.2, -0.15) is 0 Å². The predicted molar refractivity (Wildman–Crippen MR) is 60.9 cm³/mol. The van der Waals surface area contributed by atoms with Crippen LogP contribution in [0.4, 0.5) is 0 Å². The van der Waals surface area contributed by atoms with Gasteiger partial charge in [-0.25, -0.2) is 9.59 Å². The fourth-order valence-electron chi connectivity index (χ4n) is 1.49. The quantitative estimate of drug-likeness (QED) is 0.586. The Kier molecular flexibility index (Phi) is 3.55. The molecule has 0 bridgehead atoms. The second-order valence-electron chi connectivity index (χ2n) is 3.63. The SMILES string of the molecule is O=C(/C=C/c1ccccc1)OC1CCOC1=O. The van der Waals surface area contributed by atoms with E-state index in [0.717, 1.165) is 5.56 Å². The second-order valence-corrected chi connectivity index (χ2v) is 3.63. The molecule has 1 atom stereocenters. The molecule has 0 radical (unpaired) electrons. The van der Waals surface area contributed by atoms with Gasteiger partial charge in [0.25, 0.3) is 0 Å². The van der Waals surface area contributed by atoms with Crippen molar-refractivity contribution < 1.29 is 19.1 Å². The molecule has 1 aliphatic heterocycles. The van der Waals surface area contributed by atoms with Gasteiger partial charge in [-0.05, 0) is 11.6 Å². The van der Waals surface area contributed by atoms with Crippen molar-refractivity contribution >= 4 is 18.0 Å². The first kappa shape index (κ1) is 11.4. The normalized spacial score (nSPS) is 19.3. The van der Waals surface area contributed by atoms with Crippen molar-refractivity contribution in [1.82, 2.24) is 0 Å². The number of esters is 2. The molecular weight excluding hydrogens is 220 g/mol. The number of ether oxygens (including phenoxy) is 2. The lowest BCUT2D eigenvalue weighted by Gasteiger charge is -2.04. The number of hydrogen-bond donors (Lipinski definition) is 0. The topological polar surface area (TPSA) is 52.6 Å². The molecule has 1 fully saturated rings. The molecule has 88 valence electrons. The molecular formula is C13H12O4. The van der Waals surface area contributed by atoms with Gasteiger partial charge < -0.3 is 9.47 Å². The number of cyclic esters (lactones) is 1. The van der Waals surface area contributed by atoms with Crippen LogP contribution in [-0.2, 0) is 19.1 Å². The maximum absolute atomic E-state index is 11.4. The third-order valence-electron chi connectivity index (χ3n) is 2.36. The minimum Gasteiger partial charge on any atom is -0.463 e. The highest BCUT2D eigenvalue weighted by atomic mass is 16.6. The van der Waals surface area contributed by atoms with Crippen LogP contribution in [0.25, 0.3) is 6.08 Å². The van der Waals surface area contributed by atoms with E-state index in [-0.39, 0.29) is 0 Å². The van der Waals surface area contributed by atoms with Crippen LogP contribution in [0.5, 0.6) is 0 Å². The first-order chi connectivity index (χ1) is 8.25. The molecule has 17 heavy (non-hydrogen) atoms. The van der Waals surface area contributed by atoms with Crippen LogP contribution in [0.3, 0.4) is 0 Å². The Hall–Kier alpha value is -2.10. The average Bonchev–Trinajstić information content (AvgIpc) is 2.74. The van der Waals surface area contributed by atoms with Crippen molar-refractivity contribution in [3.05, 3.63) is 42.0 Å². The van der Waals surface area contributed by atoms with Crippen molar-refractivity contribution in [3.63, 3.8) is 0 Å². The molecule has 0 saturated carbocycles. The molecule has 0 N–H and O–H groups in total. The van der Waals surface area contributed by atoms with Crippen molar-refractivity contribution in [2.75, 3.05) is 6.61 Å². The van der Waals surface area contributed by atoms with Crippen molar-refractivity contribution in [1.29, 1.82) is 0 Å². The van der Waals surface area contributed by atoms with Gasteiger partial charge in [0.15, 0.2) is 0 Å². The number of benzene rings is 1. The van der Waals surface area contributed by atoms with Crippen LogP contribution in [0.15, 0.2) is 36.4 Å². The predicted octanol–water partition coefficient (Wildman–Crippen LogP) is 1.56. The second kappa shape index (κ2) is 5.30. The monoisotopic (exact) mass is 232 g/mol. The van der Waals surface area contributed by atoms with E-state index in [1.54, 1.807) is 6.08 Å². The molecule has 1 aromatic carbocycles. The van der Waals surface area contributed by atoms with E-state index >= 15 is 0 Å². The molecule has 4 heteroatoms. The smallest absolute Gasteiger partial charge is 0.347 e. The minimum atomic E-state index is -0.747. The zero-order valence-electron chi connectivity index (χ0n) is 9.17. The Balaban J connectivity index is 1.89. The maximum atomic E-state index is 11.4. The van der Waals surface area contributed by atoms with Crippen molar-refractivity contribution in [2.45, 2.75) is 12.5 Å². The number of hydrogen-bond acceptors (Lipinski definition) is 4. The van der Waals surface area contributed by atoms with Crippen LogP contribution >= 0.6 is 0 Å². The van der Waals surface area contributed by atoms with Gasteiger partial charge in [-0.3, -0.25) is 0 Å². The summed E-state index contributed by atoms with van der Waals surface area (Å²) in [6.07, 6.45) is 2.63. The number of rotatable bonds is 3. The summed E-state index contributed by atoms with van der Waals surface area (Å²) < 4.78 is 9.63. The Bertz CT molecular complexity index is 436. The molecule has 1 saturated heterocycles. The third kappa shape index (κ3) is 3.17. The molecule has 4 nitrogen and oxygen atoms in total. The number of carbonyl (C=O) groups is 2. The van der Waals surface area contributed by atoms with E-state index in [1.165, 1.54) is 6.08 Å². The van der Waals surface area contributed by atoms with Crippen LogP contribution in [0, 0.1) is 0 Å². The number of carbonyl (C=O) groups excluding carboxylic acids is 2. The summed E-state index contributed by atoms with van der Waals surface area (Å²) in [5, 5.41) is 0. The minimum absolute atomic E-state index is 0.319. The van der Waals surface area contributed by atoms with Crippen molar-refractivity contribution in [2.24, 2.45) is 0 Å². The summed E-state index contributed by atoms with van der Waals surface area (Å²) in [5.74, 6) is -0.996. The fraction of sp³-hybridized carbons (Fsp3) is 0.231. The summed E-state index contributed by atoms with van der Waals surface area (Å²) in [4.78, 5) is 22.5. The molecule has 1 unspecified atom stereocenters. The first-order valence-electron chi connectivity index (χ1n) is 5.36. The van der Waals surface area contributed by atoms with Gasteiger partial charge in [0.05, 0.1) is 6.61 Å². The lowest BCUT2D eigenvalue weighted by atomic mass is 10.2. The molecule has 0 aliphatic carbocycles. The average molecular weight is 232 g/mol. The molecule has 1 aliphatic rings. The van der Waals surface area contributed by atoms with E-state index in [1.807, 2.05) is 30.3 Å². The largest absolute Gasteiger partial charge is 0.463 e. The summed E-state index contributed by atoms with van der Waals surface area (Å²) in [6, 6.07) is 9.38. The first-order valence-corrected chi connectivity index (χ1v) is 5.36. The van der Waals surface area contributed by atoms with Crippen LogP contribution in [0.2, 0.25) is 0 Å². The maximum Gasteiger partial charge on any atom is 0.347 e. The van der Waals surface area contributed by atoms with Gasteiger partial charge in [-0.15, -0.1) is 0 Å². The van der Waals surface area contributed by atoms with Crippen LogP contribution in [0.1, 0.15) is 12.0 Å². The Morgan fingerprint density at radius 1 is 1.35 bits per heavy atom. The zero-order chi connectivity index (χ0) is 12.1. The lowest BCUT2D eigenvalue weighted by molar-refractivity contribution is -0.156. The van der Waals surface area contributed by atoms with Crippen LogP contribution < -0.4 is 0 Å². The molecule has 0 amide bonds. The van der Waals surface area contributed by atoms with E-state index < -0.39 is 18.0 Å². The highest BCUT2D eigenvalue weighted by molar-refractivity contribution is 5.89. The van der Waals surface area contributed by atoms with Gasteiger partial charge in [-0.1, -0.05) is 30.3 Å². The van der Waals surface area contributed by atoms with Gasteiger partial charge in [0.1, 0.15) is 0 Å². The zero-order valence-corrected chi connectivity index (χ0v) is 9.17. The molecule has 1 heterocycles. The van der Waals surface area contributed by atoms with E-state index in [9.17, 15) is 9.59 Å². The highest BCUT2D eigenvalue weighted by Crippen LogP contribution is 2.11. The van der Waals surface area contributed by atoms with Crippen LogP contribution in [-0.4, -0.2) is 24.6 Å². The Morgan fingerprint density at radius 3 is 2.76 bits per heavy atom. The molecule has 2 rings (SSSR count). The van der Waals surface area contributed by atoms with Gasteiger partial charge in [0, 0.05) is 12.5 Å². The lowest BCUT2D eigenvalue weighted by Crippen LogP contribution is -2.21. The molecule has 1 aromatic rings. The Labute approximate surface area is 98.8 Å². The fourth-order valence-corrected chi connectivity index (χ4v) is 1.49. The van der Waals surface area contributed by atoms with E-state index in [0.29, 0.717) is 13.0 Å². The van der Waals surface area contributed by atoms with E-state index in [4.69, 9.17) is 4.74 Å². The standard InChI is InChI=1S/C13H12O4/c14-12(17-11-8-9-16-13(11)15)7-6-10-4-2-1-3-5-10/h1-7,11H,8-9H2/b7-6+. The van der Waals surface area contributed by atoms with Gasteiger partial charge >= 0.3 is 11.9 Å². The highest BCUT2D eigenvalue weighted by Gasteiger charge is 2.29. The van der Waals surface area contributed by atoms with E-state index in [2.05, 4.69) is 4.74 Å². The van der Waals surface area contributed by atoms with Crippen molar-refractivity contribution in [3.8, 4) is 0 Å². The summed E-state index contributed by atoms with van der Waals surface area (Å²) in [6.45, 7) is 0.319. The molecule has 0 aromatic heterocycles. The summed E-state index contributed by atoms with van der Waals surface area (Å²) in [5.41, 5.74) is 0.901. The molecule has 0 spiro atoms. The summed E-state index contributed by atoms with van der Waals surface area (Å²) >= 11 is 0. The van der Waals surface area contributed by atoms with Gasteiger partial charge in [0.2, 0.25) is 6.10 Å².